The van der Waals surface area contributed by atoms with Crippen LogP contribution in [0.3, 0.4) is 0 Å². The Bertz CT molecular complexity index is 808. The van der Waals surface area contributed by atoms with Crippen molar-refractivity contribution in [3.63, 3.8) is 0 Å². The van der Waals surface area contributed by atoms with E-state index in [1.165, 1.54) is 10.4 Å². The number of thiophene rings is 1. The smallest absolute Gasteiger partial charge is 0.253 e. The SMILES string of the molecule is CC[C@H](C)[C@@H](CO)N(Cc1cccc(Cl)c1)S(=O)(=O)c1ccc(Cl)s1. The molecule has 0 fully saturated rings. The first-order valence-corrected chi connectivity index (χ1v) is 10.9. The summed E-state index contributed by atoms with van der Waals surface area (Å²) in [6.07, 6.45) is 0.748. The molecule has 0 saturated heterocycles. The van der Waals surface area contributed by atoms with Crippen molar-refractivity contribution in [3.8, 4) is 0 Å². The number of hydrogen-bond acceptors (Lipinski definition) is 4. The van der Waals surface area contributed by atoms with Crippen molar-refractivity contribution < 1.29 is 13.5 Å². The Hall–Kier alpha value is -0.630. The topological polar surface area (TPSA) is 57.6 Å². The minimum atomic E-state index is -3.79. The molecule has 0 aliphatic carbocycles. The van der Waals surface area contributed by atoms with Gasteiger partial charge >= 0.3 is 0 Å². The van der Waals surface area contributed by atoms with Gasteiger partial charge < -0.3 is 5.11 Å². The third kappa shape index (κ3) is 4.96. The molecule has 0 unspecified atom stereocenters. The number of benzene rings is 1. The molecule has 1 aromatic heterocycles. The lowest BCUT2D eigenvalue weighted by Crippen LogP contribution is -2.45. The molecule has 0 radical (unpaired) electrons. The van der Waals surface area contributed by atoms with Gasteiger partial charge in [-0.05, 0) is 35.7 Å². The lowest BCUT2D eigenvalue weighted by Gasteiger charge is -2.33. The molecule has 2 aromatic rings. The van der Waals surface area contributed by atoms with Crippen LogP contribution < -0.4 is 0 Å². The third-order valence-electron chi connectivity index (χ3n) is 4.20. The molecular formula is C17H21Cl2NO3S2. The van der Waals surface area contributed by atoms with Crippen molar-refractivity contribution in [2.24, 2.45) is 5.92 Å². The van der Waals surface area contributed by atoms with E-state index in [0.717, 1.165) is 23.3 Å². The van der Waals surface area contributed by atoms with Crippen LogP contribution in [0.2, 0.25) is 9.36 Å². The van der Waals surface area contributed by atoms with E-state index in [1.54, 1.807) is 24.3 Å². The number of hydrogen-bond donors (Lipinski definition) is 1. The summed E-state index contributed by atoms with van der Waals surface area (Å²) >= 11 is 13.0. The molecule has 138 valence electrons. The van der Waals surface area contributed by atoms with Gasteiger partial charge in [0.05, 0.1) is 17.0 Å². The average molecular weight is 422 g/mol. The van der Waals surface area contributed by atoms with E-state index in [1.807, 2.05) is 19.9 Å². The first-order chi connectivity index (χ1) is 11.8. The van der Waals surface area contributed by atoms with Crippen molar-refractivity contribution in [1.29, 1.82) is 0 Å². The Balaban J connectivity index is 2.47. The highest BCUT2D eigenvalue weighted by Crippen LogP contribution is 2.32. The second-order valence-corrected chi connectivity index (χ2v) is 10.1. The van der Waals surface area contributed by atoms with Gasteiger partial charge in [0.25, 0.3) is 10.0 Å². The molecule has 1 heterocycles. The van der Waals surface area contributed by atoms with Gasteiger partial charge in [-0.15, -0.1) is 11.3 Å². The highest BCUT2D eigenvalue weighted by Gasteiger charge is 2.34. The van der Waals surface area contributed by atoms with Crippen molar-refractivity contribution in [1.82, 2.24) is 4.31 Å². The van der Waals surface area contributed by atoms with E-state index < -0.39 is 16.1 Å². The first-order valence-electron chi connectivity index (χ1n) is 7.92. The highest BCUT2D eigenvalue weighted by molar-refractivity contribution is 7.91. The molecule has 8 heteroatoms. The number of halogens is 2. The second kappa shape index (κ2) is 8.84. The molecule has 0 aliphatic rings. The van der Waals surface area contributed by atoms with Crippen LogP contribution in [0, 0.1) is 5.92 Å². The Morgan fingerprint density at radius 3 is 2.48 bits per heavy atom. The minimum Gasteiger partial charge on any atom is -0.395 e. The van der Waals surface area contributed by atoms with Gasteiger partial charge in [0.15, 0.2) is 0 Å². The Morgan fingerprint density at radius 1 is 1.24 bits per heavy atom. The third-order valence-corrected chi connectivity index (χ3v) is 8.00. The second-order valence-electron chi connectivity index (χ2n) is 5.87. The van der Waals surface area contributed by atoms with Gasteiger partial charge in [-0.3, -0.25) is 0 Å². The molecule has 25 heavy (non-hydrogen) atoms. The van der Waals surface area contributed by atoms with Gasteiger partial charge in [0.1, 0.15) is 4.21 Å². The van der Waals surface area contributed by atoms with Crippen molar-refractivity contribution in [3.05, 3.63) is 51.3 Å². The van der Waals surface area contributed by atoms with Crippen LogP contribution in [-0.4, -0.2) is 30.5 Å². The van der Waals surface area contributed by atoms with Crippen molar-refractivity contribution in [2.45, 2.75) is 37.1 Å². The summed E-state index contributed by atoms with van der Waals surface area (Å²) in [5, 5.41) is 10.4. The molecule has 0 bridgehead atoms. The van der Waals surface area contributed by atoms with E-state index in [9.17, 15) is 13.5 Å². The molecule has 1 aromatic carbocycles. The van der Waals surface area contributed by atoms with Crippen LogP contribution in [0.1, 0.15) is 25.8 Å². The minimum absolute atomic E-state index is 0.00519. The van der Waals surface area contributed by atoms with E-state index in [-0.39, 0.29) is 23.3 Å². The van der Waals surface area contributed by atoms with E-state index in [2.05, 4.69) is 0 Å². The van der Waals surface area contributed by atoms with Gasteiger partial charge in [0, 0.05) is 11.6 Å². The Labute approximate surface area is 163 Å². The summed E-state index contributed by atoms with van der Waals surface area (Å²) in [5.41, 5.74) is 0.764. The fraction of sp³-hybridized carbons (Fsp3) is 0.412. The summed E-state index contributed by atoms with van der Waals surface area (Å²) in [6.45, 7) is 3.78. The highest BCUT2D eigenvalue weighted by atomic mass is 35.5. The molecule has 2 atom stereocenters. The fourth-order valence-corrected chi connectivity index (χ4v) is 6.10. The first kappa shape index (κ1) is 20.7. The lowest BCUT2D eigenvalue weighted by atomic mass is 9.99. The normalized spacial score (nSPS) is 14.6. The maximum Gasteiger partial charge on any atom is 0.253 e. The average Bonchev–Trinajstić information content (AvgIpc) is 3.01. The maximum absolute atomic E-state index is 13.2. The van der Waals surface area contributed by atoms with Gasteiger partial charge in [-0.1, -0.05) is 55.6 Å². The Kier molecular flexibility index (Phi) is 7.31. The molecule has 0 aliphatic heterocycles. The molecule has 2 rings (SSSR count). The molecule has 0 spiro atoms. The Morgan fingerprint density at radius 2 is 1.96 bits per heavy atom. The van der Waals surface area contributed by atoms with Crippen molar-refractivity contribution >= 4 is 44.6 Å². The summed E-state index contributed by atoms with van der Waals surface area (Å²) in [4.78, 5) is 0. The van der Waals surface area contributed by atoms with Crippen LogP contribution in [-0.2, 0) is 16.6 Å². The number of nitrogens with zero attached hydrogens (tertiary/aromatic N) is 1. The predicted octanol–water partition coefficient (Wildman–Crippen LogP) is 4.65. The quantitative estimate of drug-likeness (QED) is 0.674. The maximum atomic E-state index is 13.2. The van der Waals surface area contributed by atoms with Crippen LogP contribution in [0.5, 0.6) is 0 Å². The standard InChI is InChI=1S/C17H21Cl2NO3S2/c1-3-12(2)15(11-21)20(10-13-5-4-6-14(18)9-13)25(22,23)17-8-7-16(19)24-17/h4-9,12,15,21H,3,10-11H2,1-2H3/t12-,15+/m0/s1. The number of rotatable bonds is 8. The van der Waals surface area contributed by atoms with Crippen LogP contribution in [0.25, 0.3) is 0 Å². The zero-order valence-corrected chi connectivity index (χ0v) is 17.2. The number of aliphatic hydroxyl groups excluding tert-OH is 1. The zero-order valence-electron chi connectivity index (χ0n) is 14.0. The summed E-state index contributed by atoms with van der Waals surface area (Å²) in [6, 6.07) is 9.60. The van der Waals surface area contributed by atoms with E-state index in [0.29, 0.717) is 9.36 Å². The summed E-state index contributed by atoms with van der Waals surface area (Å²) < 4.78 is 28.3. The number of aliphatic hydroxyl groups is 1. The van der Waals surface area contributed by atoms with Gasteiger partial charge in [-0.25, -0.2) is 8.42 Å². The predicted molar refractivity (Wildman–Crippen MR) is 104 cm³/mol. The van der Waals surface area contributed by atoms with E-state index in [4.69, 9.17) is 23.2 Å². The van der Waals surface area contributed by atoms with Gasteiger partial charge in [0.2, 0.25) is 0 Å². The van der Waals surface area contributed by atoms with Crippen LogP contribution in [0.15, 0.2) is 40.6 Å². The molecule has 4 nitrogen and oxygen atoms in total. The molecule has 0 amide bonds. The lowest BCUT2D eigenvalue weighted by molar-refractivity contribution is 0.139. The van der Waals surface area contributed by atoms with Crippen molar-refractivity contribution in [2.75, 3.05) is 6.61 Å². The number of sulfonamides is 1. The summed E-state index contributed by atoms with van der Waals surface area (Å²) in [5.74, 6) is -0.00519. The molecular weight excluding hydrogens is 401 g/mol. The largest absolute Gasteiger partial charge is 0.395 e. The zero-order chi connectivity index (χ0) is 18.6. The molecule has 0 saturated carbocycles. The molecule has 1 N–H and O–H groups in total. The summed E-state index contributed by atoms with van der Waals surface area (Å²) in [7, 11) is -3.79. The fourth-order valence-electron chi connectivity index (χ4n) is 2.57. The van der Waals surface area contributed by atoms with E-state index >= 15 is 0 Å². The van der Waals surface area contributed by atoms with Gasteiger partial charge in [-0.2, -0.15) is 4.31 Å². The van der Waals surface area contributed by atoms with Crippen LogP contribution >= 0.6 is 34.5 Å². The monoisotopic (exact) mass is 421 g/mol. The van der Waals surface area contributed by atoms with Crippen LogP contribution in [0.4, 0.5) is 0 Å².